The standard InChI is InChI=1S/C27H28O7/c1-29-22-9-17(10-23(30-2)26(22)31-12-15-5-3-4-6-15)24-19-11-21-20(33-14-34-21)8-16(19)7-18-13-32-27(28)25(18)24/h8-11,15,24H,3-7,12-14H2,1-2H3/t24-/m0/s1. The molecule has 4 aliphatic rings. The zero-order valence-corrected chi connectivity index (χ0v) is 19.5. The second-order valence-corrected chi connectivity index (χ2v) is 9.32. The number of methoxy groups -OCH3 is 2. The second kappa shape index (κ2) is 8.46. The third-order valence-electron chi connectivity index (χ3n) is 7.37. The summed E-state index contributed by atoms with van der Waals surface area (Å²) in [6, 6.07) is 7.91. The van der Waals surface area contributed by atoms with E-state index in [0.29, 0.717) is 54.1 Å². The van der Waals surface area contributed by atoms with Gasteiger partial charge in [0.05, 0.1) is 26.4 Å². The van der Waals surface area contributed by atoms with E-state index in [-0.39, 0.29) is 18.7 Å². The molecular formula is C27H28O7. The summed E-state index contributed by atoms with van der Waals surface area (Å²) in [6.45, 7) is 1.16. The molecule has 34 heavy (non-hydrogen) atoms. The minimum atomic E-state index is -0.324. The lowest BCUT2D eigenvalue weighted by molar-refractivity contribution is -0.136. The van der Waals surface area contributed by atoms with Crippen LogP contribution in [-0.2, 0) is 16.0 Å². The Morgan fingerprint density at radius 1 is 0.941 bits per heavy atom. The molecule has 2 aromatic carbocycles. The van der Waals surface area contributed by atoms with E-state index in [1.165, 1.54) is 25.7 Å². The zero-order chi connectivity index (χ0) is 23.2. The lowest BCUT2D eigenvalue weighted by atomic mass is 9.75. The molecule has 0 radical (unpaired) electrons. The van der Waals surface area contributed by atoms with Crippen LogP contribution < -0.4 is 23.7 Å². The maximum atomic E-state index is 12.8. The number of carbonyl (C=O) groups excluding carboxylic acids is 1. The Morgan fingerprint density at radius 2 is 1.65 bits per heavy atom. The van der Waals surface area contributed by atoms with Gasteiger partial charge in [0, 0.05) is 5.92 Å². The minimum Gasteiger partial charge on any atom is -0.493 e. The number of fused-ring (bicyclic) bond motifs is 2. The number of hydrogen-bond donors (Lipinski definition) is 0. The van der Waals surface area contributed by atoms with Crippen LogP contribution in [0.25, 0.3) is 0 Å². The van der Waals surface area contributed by atoms with Gasteiger partial charge in [-0.05, 0) is 71.7 Å². The van der Waals surface area contributed by atoms with Gasteiger partial charge < -0.3 is 28.4 Å². The quantitative estimate of drug-likeness (QED) is 0.581. The van der Waals surface area contributed by atoms with Gasteiger partial charge in [0.15, 0.2) is 23.0 Å². The third-order valence-corrected chi connectivity index (χ3v) is 7.37. The van der Waals surface area contributed by atoms with Crippen LogP contribution in [-0.4, -0.2) is 40.2 Å². The van der Waals surface area contributed by atoms with Crippen molar-refractivity contribution in [2.45, 2.75) is 38.0 Å². The van der Waals surface area contributed by atoms with Gasteiger partial charge in [-0.25, -0.2) is 4.79 Å². The predicted molar refractivity (Wildman–Crippen MR) is 123 cm³/mol. The van der Waals surface area contributed by atoms with E-state index in [4.69, 9.17) is 28.4 Å². The molecule has 0 amide bonds. The van der Waals surface area contributed by atoms with E-state index >= 15 is 0 Å². The van der Waals surface area contributed by atoms with Gasteiger partial charge in [0.1, 0.15) is 6.61 Å². The van der Waals surface area contributed by atoms with Gasteiger partial charge in [-0.3, -0.25) is 0 Å². The van der Waals surface area contributed by atoms with Gasteiger partial charge in [0.2, 0.25) is 12.5 Å². The zero-order valence-electron chi connectivity index (χ0n) is 19.5. The molecule has 1 fully saturated rings. The number of rotatable bonds is 6. The Labute approximate surface area is 198 Å². The van der Waals surface area contributed by atoms with E-state index in [0.717, 1.165) is 28.0 Å². The molecule has 2 aliphatic heterocycles. The Morgan fingerprint density at radius 3 is 2.35 bits per heavy atom. The molecule has 7 heteroatoms. The van der Waals surface area contributed by atoms with Crippen LogP contribution in [0, 0.1) is 5.92 Å². The summed E-state index contributed by atoms with van der Waals surface area (Å²) in [4.78, 5) is 12.8. The highest BCUT2D eigenvalue weighted by Gasteiger charge is 2.40. The van der Waals surface area contributed by atoms with Crippen molar-refractivity contribution in [1.29, 1.82) is 0 Å². The lowest BCUT2D eigenvalue weighted by Gasteiger charge is -2.28. The molecule has 2 aliphatic carbocycles. The monoisotopic (exact) mass is 464 g/mol. The molecule has 178 valence electrons. The largest absolute Gasteiger partial charge is 0.493 e. The van der Waals surface area contributed by atoms with Crippen molar-refractivity contribution >= 4 is 5.97 Å². The van der Waals surface area contributed by atoms with Gasteiger partial charge >= 0.3 is 5.97 Å². The maximum absolute atomic E-state index is 12.8. The van der Waals surface area contributed by atoms with Crippen molar-refractivity contribution in [3.63, 3.8) is 0 Å². The average Bonchev–Trinajstić information content (AvgIpc) is 3.61. The predicted octanol–water partition coefficient (Wildman–Crippen LogP) is 4.54. The highest BCUT2D eigenvalue weighted by atomic mass is 16.7. The highest BCUT2D eigenvalue weighted by molar-refractivity contribution is 5.95. The molecule has 0 N–H and O–H groups in total. The average molecular weight is 465 g/mol. The van der Waals surface area contributed by atoms with Gasteiger partial charge in [-0.1, -0.05) is 12.8 Å². The molecule has 6 rings (SSSR count). The van der Waals surface area contributed by atoms with E-state index in [9.17, 15) is 4.79 Å². The number of cyclic esters (lactones) is 1. The van der Waals surface area contributed by atoms with E-state index in [1.54, 1.807) is 14.2 Å². The Bertz CT molecular complexity index is 1150. The first-order valence-corrected chi connectivity index (χ1v) is 11.9. The van der Waals surface area contributed by atoms with Crippen molar-refractivity contribution in [1.82, 2.24) is 0 Å². The lowest BCUT2D eigenvalue weighted by Crippen LogP contribution is -2.18. The van der Waals surface area contributed by atoms with Crippen LogP contribution in [0.5, 0.6) is 28.7 Å². The summed E-state index contributed by atoms with van der Waals surface area (Å²) in [5, 5.41) is 0. The third kappa shape index (κ3) is 3.45. The Hall–Kier alpha value is -3.35. The first-order valence-electron chi connectivity index (χ1n) is 11.9. The van der Waals surface area contributed by atoms with Crippen molar-refractivity contribution in [2.24, 2.45) is 5.92 Å². The van der Waals surface area contributed by atoms with Gasteiger partial charge in [-0.2, -0.15) is 0 Å². The van der Waals surface area contributed by atoms with E-state index < -0.39 is 0 Å². The van der Waals surface area contributed by atoms with Crippen molar-refractivity contribution in [3.05, 3.63) is 52.1 Å². The molecule has 1 saturated carbocycles. The fraction of sp³-hybridized carbons (Fsp3) is 0.444. The molecule has 0 aromatic heterocycles. The topological polar surface area (TPSA) is 72.5 Å². The molecule has 7 nitrogen and oxygen atoms in total. The number of esters is 1. The molecule has 1 atom stereocenters. The number of carbonyl (C=O) groups is 1. The first kappa shape index (κ1) is 21.2. The second-order valence-electron chi connectivity index (χ2n) is 9.32. The summed E-state index contributed by atoms with van der Waals surface area (Å²) in [6.07, 6.45) is 5.55. The summed E-state index contributed by atoms with van der Waals surface area (Å²) >= 11 is 0. The van der Waals surface area contributed by atoms with Crippen LogP contribution in [0.3, 0.4) is 0 Å². The summed E-state index contributed by atoms with van der Waals surface area (Å²) in [5.74, 6) is 3.17. The molecule has 2 aromatic rings. The molecular weight excluding hydrogens is 436 g/mol. The summed E-state index contributed by atoms with van der Waals surface area (Å²) in [5.41, 5.74) is 4.68. The fourth-order valence-corrected chi connectivity index (χ4v) is 5.66. The van der Waals surface area contributed by atoms with Crippen molar-refractivity contribution in [2.75, 3.05) is 34.2 Å². The normalized spacial score (nSPS) is 20.8. The van der Waals surface area contributed by atoms with E-state index in [2.05, 4.69) is 0 Å². The van der Waals surface area contributed by atoms with Crippen LogP contribution in [0.15, 0.2) is 35.4 Å². The van der Waals surface area contributed by atoms with Gasteiger partial charge in [-0.15, -0.1) is 0 Å². The Balaban J connectivity index is 1.44. The SMILES string of the molecule is COc1cc([C@@H]2C3=C(COC3=O)Cc3cc4c(cc32)OCO4)cc(OC)c1OCC1CCCC1. The van der Waals surface area contributed by atoms with Crippen LogP contribution in [0.1, 0.15) is 48.3 Å². The summed E-state index contributed by atoms with van der Waals surface area (Å²) in [7, 11) is 3.25. The van der Waals surface area contributed by atoms with Crippen molar-refractivity contribution in [3.8, 4) is 28.7 Å². The smallest absolute Gasteiger partial charge is 0.335 e. The maximum Gasteiger partial charge on any atom is 0.335 e. The molecule has 0 unspecified atom stereocenters. The highest BCUT2D eigenvalue weighted by Crippen LogP contribution is 2.50. The number of benzene rings is 2. The molecule has 0 spiro atoms. The number of ether oxygens (including phenoxy) is 6. The van der Waals surface area contributed by atoms with Crippen LogP contribution in [0.2, 0.25) is 0 Å². The van der Waals surface area contributed by atoms with Crippen LogP contribution >= 0.6 is 0 Å². The van der Waals surface area contributed by atoms with Crippen molar-refractivity contribution < 1.29 is 33.2 Å². The molecule has 0 saturated heterocycles. The minimum absolute atomic E-state index is 0.201. The van der Waals surface area contributed by atoms with Gasteiger partial charge in [0.25, 0.3) is 0 Å². The summed E-state index contributed by atoms with van der Waals surface area (Å²) < 4.78 is 34.4. The molecule has 0 bridgehead atoms. The Kier molecular flexibility index (Phi) is 5.27. The molecule has 2 heterocycles. The first-order chi connectivity index (χ1) is 16.7. The fourth-order valence-electron chi connectivity index (χ4n) is 5.66. The van der Waals surface area contributed by atoms with Crippen LogP contribution in [0.4, 0.5) is 0 Å². The van der Waals surface area contributed by atoms with E-state index in [1.807, 2.05) is 24.3 Å². The number of hydrogen-bond acceptors (Lipinski definition) is 7.